The number of nitrogens with zero attached hydrogens (tertiary/aromatic N) is 2. The predicted molar refractivity (Wildman–Crippen MR) is 75.8 cm³/mol. The largest absolute Gasteiger partial charge is 0.356 e. The van der Waals surface area contributed by atoms with E-state index >= 15 is 0 Å². The van der Waals surface area contributed by atoms with E-state index in [-0.39, 0.29) is 11.8 Å². The number of nitrogens with one attached hydrogen (secondary N) is 1. The van der Waals surface area contributed by atoms with E-state index in [0.29, 0.717) is 0 Å². The third kappa shape index (κ3) is 4.31. The smallest absolute Gasteiger partial charge is 0.223 e. The van der Waals surface area contributed by atoms with Gasteiger partial charge in [-0.05, 0) is 56.6 Å². The first kappa shape index (κ1) is 14.0. The Balaban J connectivity index is 1.67. The summed E-state index contributed by atoms with van der Waals surface area (Å²) in [7, 11) is 0. The molecule has 0 saturated carbocycles. The second kappa shape index (κ2) is 7.24. The average Bonchev–Trinajstić information content (AvgIpc) is 2.48. The van der Waals surface area contributed by atoms with E-state index in [4.69, 9.17) is 0 Å². The fourth-order valence-electron chi connectivity index (χ4n) is 2.54. The van der Waals surface area contributed by atoms with Crippen LogP contribution in [0.1, 0.15) is 25.3 Å². The van der Waals surface area contributed by atoms with Crippen molar-refractivity contribution in [3.63, 3.8) is 0 Å². The molecule has 1 aromatic heterocycles. The number of piperidine rings is 1. The Morgan fingerprint density at radius 2 is 2.05 bits per heavy atom. The van der Waals surface area contributed by atoms with Crippen molar-refractivity contribution < 1.29 is 4.79 Å². The molecule has 4 nitrogen and oxygen atoms in total. The van der Waals surface area contributed by atoms with Gasteiger partial charge in [0.1, 0.15) is 0 Å². The highest BCUT2D eigenvalue weighted by molar-refractivity contribution is 5.78. The molecule has 0 aliphatic carbocycles. The highest BCUT2D eigenvalue weighted by Gasteiger charge is 2.23. The van der Waals surface area contributed by atoms with Crippen molar-refractivity contribution in [1.82, 2.24) is 15.2 Å². The summed E-state index contributed by atoms with van der Waals surface area (Å²) in [4.78, 5) is 18.4. The lowest BCUT2D eigenvalue weighted by Crippen LogP contribution is -2.40. The van der Waals surface area contributed by atoms with Crippen LogP contribution in [0.25, 0.3) is 0 Å². The standard InChI is InChI=1S/C15H23N3O/c1-2-18-11-6-14(7-12-18)15(19)17-10-5-13-3-8-16-9-4-13/h3-4,8-9,14H,2,5-7,10-12H2,1H3,(H,17,19). The number of rotatable bonds is 5. The van der Waals surface area contributed by atoms with E-state index in [2.05, 4.69) is 22.1 Å². The molecule has 1 aromatic rings. The molecular formula is C15H23N3O. The Morgan fingerprint density at radius 3 is 2.68 bits per heavy atom. The van der Waals surface area contributed by atoms with Crippen molar-refractivity contribution in [1.29, 1.82) is 0 Å². The van der Waals surface area contributed by atoms with Gasteiger partial charge in [-0.2, -0.15) is 0 Å². The second-order valence-electron chi connectivity index (χ2n) is 5.11. The lowest BCUT2D eigenvalue weighted by molar-refractivity contribution is -0.126. The zero-order chi connectivity index (χ0) is 13.5. The van der Waals surface area contributed by atoms with Crippen LogP contribution in [0, 0.1) is 5.92 Å². The number of carbonyl (C=O) groups excluding carboxylic acids is 1. The molecule has 19 heavy (non-hydrogen) atoms. The van der Waals surface area contributed by atoms with Crippen LogP contribution in [-0.2, 0) is 11.2 Å². The summed E-state index contributed by atoms with van der Waals surface area (Å²) in [5, 5.41) is 3.06. The second-order valence-corrected chi connectivity index (χ2v) is 5.11. The zero-order valence-electron chi connectivity index (χ0n) is 11.6. The Kier molecular flexibility index (Phi) is 5.33. The molecule has 104 valence electrons. The maximum Gasteiger partial charge on any atom is 0.223 e. The Labute approximate surface area is 115 Å². The van der Waals surface area contributed by atoms with Crippen LogP contribution in [0.4, 0.5) is 0 Å². The number of carbonyl (C=O) groups is 1. The van der Waals surface area contributed by atoms with E-state index in [9.17, 15) is 4.79 Å². The number of amides is 1. The topological polar surface area (TPSA) is 45.2 Å². The average molecular weight is 261 g/mol. The first-order valence-corrected chi connectivity index (χ1v) is 7.18. The summed E-state index contributed by atoms with van der Waals surface area (Å²) < 4.78 is 0. The summed E-state index contributed by atoms with van der Waals surface area (Å²) in [6, 6.07) is 3.98. The predicted octanol–water partition coefficient (Wildman–Crippen LogP) is 1.47. The summed E-state index contributed by atoms with van der Waals surface area (Å²) in [6.07, 6.45) is 6.45. The Bertz CT molecular complexity index is 386. The molecule has 1 saturated heterocycles. The van der Waals surface area contributed by atoms with Gasteiger partial charge in [-0.1, -0.05) is 6.92 Å². The number of hydrogen-bond donors (Lipinski definition) is 1. The van der Waals surface area contributed by atoms with Gasteiger partial charge in [0.25, 0.3) is 0 Å². The molecule has 4 heteroatoms. The highest BCUT2D eigenvalue weighted by atomic mass is 16.1. The van der Waals surface area contributed by atoms with E-state index in [1.54, 1.807) is 12.4 Å². The van der Waals surface area contributed by atoms with Crippen molar-refractivity contribution >= 4 is 5.91 Å². The monoisotopic (exact) mass is 261 g/mol. The molecule has 0 spiro atoms. The molecule has 1 amide bonds. The fraction of sp³-hybridized carbons (Fsp3) is 0.600. The molecule has 2 heterocycles. The molecule has 0 unspecified atom stereocenters. The van der Waals surface area contributed by atoms with Gasteiger partial charge in [-0.15, -0.1) is 0 Å². The molecule has 0 aromatic carbocycles. The molecule has 1 fully saturated rings. The third-order valence-electron chi connectivity index (χ3n) is 3.87. The molecule has 2 rings (SSSR count). The Morgan fingerprint density at radius 1 is 1.37 bits per heavy atom. The third-order valence-corrected chi connectivity index (χ3v) is 3.87. The van der Waals surface area contributed by atoms with Crippen LogP contribution in [0.3, 0.4) is 0 Å². The van der Waals surface area contributed by atoms with Crippen LogP contribution in [-0.4, -0.2) is 42.0 Å². The van der Waals surface area contributed by atoms with Crippen molar-refractivity contribution in [2.24, 2.45) is 5.92 Å². The van der Waals surface area contributed by atoms with Gasteiger partial charge in [-0.25, -0.2) is 0 Å². The summed E-state index contributed by atoms with van der Waals surface area (Å²) >= 11 is 0. The molecule has 0 bridgehead atoms. The van der Waals surface area contributed by atoms with Crippen LogP contribution in [0.15, 0.2) is 24.5 Å². The molecule has 0 radical (unpaired) electrons. The molecule has 0 atom stereocenters. The van der Waals surface area contributed by atoms with Crippen molar-refractivity contribution in [2.75, 3.05) is 26.2 Å². The van der Waals surface area contributed by atoms with Gasteiger partial charge in [0.15, 0.2) is 0 Å². The van der Waals surface area contributed by atoms with Gasteiger partial charge in [0.05, 0.1) is 0 Å². The van der Waals surface area contributed by atoms with E-state index in [1.165, 1.54) is 5.56 Å². The van der Waals surface area contributed by atoms with Crippen LogP contribution >= 0.6 is 0 Å². The van der Waals surface area contributed by atoms with Crippen molar-refractivity contribution in [3.8, 4) is 0 Å². The molecular weight excluding hydrogens is 238 g/mol. The first-order chi connectivity index (χ1) is 9.29. The van der Waals surface area contributed by atoms with Crippen LogP contribution < -0.4 is 5.32 Å². The van der Waals surface area contributed by atoms with Crippen LogP contribution in [0.5, 0.6) is 0 Å². The number of hydrogen-bond acceptors (Lipinski definition) is 3. The normalized spacial score (nSPS) is 17.3. The van der Waals surface area contributed by atoms with E-state index in [0.717, 1.165) is 45.4 Å². The molecule has 1 aliphatic heterocycles. The van der Waals surface area contributed by atoms with Gasteiger partial charge < -0.3 is 10.2 Å². The number of likely N-dealkylation sites (tertiary alicyclic amines) is 1. The minimum absolute atomic E-state index is 0.209. The van der Waals surface area contributed by atoms with E-state index in [1.807, 2.05) is 12.1 Å². The van der Waals surface area contributed by atoms with E-state index < -0.39 is 0 Å². The number of aromatic nitrogens is 1. The van der Waals surface area contributed by atoms with Gasteiger partial charge in [-0.3, -0.25) is 9.78 Å². The minimum atomic E-state index is 0.209. The summed E-state index contributed by atoms with van der Waals surface area (Å²) in [5.74, 6) is 0.435. The lowest BCUT2D eigenvalue weighted by Gasteiger charge is -2.30. The lowest BCUT2D eigenvalue weighted by atomic mass is 9.96. The quantitative estimate of drug-likeness (QED) is 0.873. The van der Waals surface area contributed by atoms with Gasteiger partial charge in [0.2, 0.25) is 5.91 Å². The van der Waals surface area contributed by atoms with Crippen molar-refractivity contribution in [2.45, 2.75) is 26.2 Å². The fourth-order valence-corrected chi connectivity index (χ4v) is 2.54. The van der Waals surface area contributed by atoms with Crippen molar-refractivity contribution in [3.05, 3.63) is 30.1 Å². The minimum Gasteiger partial charge on any atom is -0.356 e. The maximum absolute atomic E-state index is 12.0. The van der Waals surface area contributed by atoms with Crippen LogP contribution in [0.2, 0.25) is 0 Å². The first-order valence-electron chi connectivity index (χ1n) is 7.18. The summed E-state index contributed by atoms with van der Waals surface area (Å²) in [5.41, 5.74) is 1.22. The van der Waals surface area contributed by atoms with Gasteiger partial charge in [0, 0.05) is 24.9 Å². The van der Waals surface area contributed by atoms with Gasteiger partial charge >= 0.3 is 0 Å². The zero-order valence-corrected chi connectivity index (χ0v) is 11.6. The highest BCUT2D eigenvalue weighted by Crippen LogP contribution is 2.16. The number of pyridine rings is 1. The molecule has 1 aliphatic rings. The molecule has 1 N–H and O–H groups in total. The summed E-state index contributed by atoms with van der Waals surface area (Å²) in [6.45, 7) is 6.10. The SMILES string of the molecule is CCN1CCC(C(=O)NCCc2ccncc2)CC1. The Hall–Kier alpha value is -1.42. The maximum atomic E-state index is 12.0.